The van der Waals surface area contributed by atoms with E-state index in [-0.39, 0.29) is 36.7 Å². The Bertz CT molecular complexity index is 429. The Hall–Kier alpha value is 0.380. The smallest absolute Gasteiger partial charge is 0.128 e. The minimum atomic E-state index is -0.0505. The fraction of sp³-hybridized carbons (Fsp3) is 0.625. The van der Waals surface area contributed by atoms with Crippen molar-refractivity contribution in [2.75, 3.05) is 26.2 Å². The van der Waals surface area contributed by atoms with Crippen LogP contribution in [0.3, 0.4) is 0 Å². The van der Waals surface area contributed by atoms with Gasteiger partial charge in [-0.1, -0.05) is 26.2 Å². The SMILES string of the molecule is CCCCC[C@@H](c1cc(I)ccc1F)N1CCNCC1.Cl.Cl. The summed E-state index contributed by atoms with van der Waals surface area (Å²) in [7, 11) is 0. The lowest BCUT2D eigenvalue weighted by Gasteiger charge is -2.35. The summed E-state index contributed by atoms with van der Waals surface area (Å²) >= 11 is 2.27. The first-order valence-corrected chi connectivity index (χ1v) is 8.70. The number of halogens is 4. The molecule has 22 heavy (non-hydrogen) atoms. The highest BCUT2D eigenvalue weighted by molar-refractivity contribution is 14.1. The van der Waals surface area contributed by atoms with E-state index in [9.17, 15) is 4.39 Å². The average molecular weight is 463 g/mol. The maximum absolute atomic E-state index is 14.2. The van der Waals surface area contributed by atoms with Gasteiger partial charge in [-0.25, -0.2) is 4.39 Å². The molecular weight excluding hydrogens is 437 g/mol. The van der Waals surface area contributed by atoms with Gasteiger partial charge < -0.3 is 5.32 Å². The van der Waals surface area contributed by atoms with Crippen molar-refractivity contribution in [1.82, 2.24) is 10.2 Å². The third kappa shape index (κ3) is 6.48. The van der Waals surface area contributed by atoms with Gasteiger partial charge in [0.2, 0.25) is 0 Å². The zero-order valence-electron chi connectivity index (χ0n) is 13.0. The molecule has 0 aromatic heterocycles. The third-order valence-electron chi connectivity index (χ3n) is 3.99. The molecule has 0 saturated carbocycles. The van der Waals surface area contributed by atoms with Crippen LogP contribution in [0.15, 0.2) is 18.2 Å². The van der Waals surface area contributed by atoms with E-state index >= 15 is 0 Å². The molecule has 1 aromatic carbocycles. The molecule has 0 amide bonds. The maximum atomic E-state index is 14.2. The van der Waals surface area contributed by atoms with Gasteiger partial charge >= 0.3 is 0 Å². The van der Waals surface area contributed by atoms with E-state index in [1.165, 1.54) is 19.3 Å². The summed E-state index contributed by atoms with van der Waals surface area (Å²) in [5, 5.41) is 3.38. The van der Waals surface area contributed by atoms with Crippen molar-refractivity contribution in [3.05, 3.63) is 33.1 Å². The Morgan fingerprint density at radius 2 is 1.91 bits per heavy atom. The highest BCUT2D eigenvalue weighted by Crippen LogP contribution is 2.30. The molecule has 2 nitrogen and oxygen atoms in total. The molecule has 0 aliphatic carbocycles. The summed E-state index contributed by atoms with van der Waals surface area (Å²) in [6.45, 7) is 6.26. The minimum absolute atomic E-state index is 0. The number of piperazine rings is 1. The van der Waals surface area contributed by atoms with E-state index in [1.54, 1.807) is 6.07 Å². The van der Waals surface area contributed by atoms with Crippen LogP contribution >= 0.6 is 47.4 Å². The van der Waals surface area contributed by atoms with Crippen LogP contribution in [0.25, 0.3) is 0 Å². The molecule has 0 bridgehead atoms. The van der Waals surface area contributed by atoms with Gasteiger partial charge in [-0.3, -0.25) is 4.90 Å². The van der Waals surface area contributed by atoms with Gasteiger partial charge in [-0.05, 0) is 47.2 Å². The molecule has 2 rings (SSSR count). The highest BCUT2D eigenvalue weighted by atomic mass is 127. The number of benzene rings is 1. The van der Waals surface area contributed by atoms with Crippen LogP contribution in [0.1, 0.15) is 44.2 Å². The Morgan fingerprint density at radius 3 is 2.55 bits per heavy atom. The van der Waals surface area contributed by atoms with Crippen LogP contribution in [0.2, 0.25) is 0 Å². The summed E-state index contributed by atoms with van der Waals surface area (Å²) in [5.41, 5.74) is 0.884. The van der Waals surface area contributed by atoms with E-state index in [4.69, 9.17) is 0 Å². The second kappa shape index (κ2) is 11.8. The fourth-order valence-corrected chi connectivity index (χ4v) is 3.40. The number of rotatable bonds is 6. The van der Waals surface area contributed by atoms with Gasteiger partial charge in [0.15, 0.2) is 0 Å². The molecule has 0 spiro atoms. The molecule has 1 fully saturated rings. The van der Waals surface area contributed by atoms with Crippen molar-refractivity contribution >= 4 is 47.4 Å². The first-order chi connectivity index (χ1) is 9.72. The maximum Gasteiger partial charge on any atom is 0.128 e. The first-order valence-electron chi connectivity index (χ1n) is 7.62. The lowest BCUT2D eigenvalue weighted by Crippen LogP contribution is -2.45. The number of hydrogen-bond acceptors (Lipinski definition) is 2. The average Bonchev–Trinajstić information content (AvgIpc) is 2.48. The molecule has 1 aliphatic rings. The summed E-state index contributed by atoms with van der Waals surface area (Å²) < 4.78 is 15.4. The molecule has 6 heteroatoms. The molecular formula is C16H26Cl2FIN2. The standard InChI is InChI=1S/C16H24FIN2.2ClH/c1-2-3-4-5-16(20-10-8-19-9-11-20)14-12-13(18)6-7-15(14)17;;/h6-7,12,16,19H,2-5,8-11H2,1H3;2*1H/t16-;;/m0../s1. The molecule has 1 aromatic rings. The molecule has 1 atom stereocenters. The quantitative estimate of drug-likeness (QED) is 0.482. The van der Waals surface area contributed by atoms with Crippen LogP contribution in [-0.2, 0) is 0 Å². The van der Waals surface area contributed by atoms with Crippen LogP contribution in [-0.4, -0.2) is 31.1 Å². The van der Waals surface area contributed by atoms with Gasteiger partial charge in [0.1, 0.15) is 5.82 Å². The third-order valence-corrected chi connectivity index (χ3v) is 4.66. The molecule has 0 unspecified atom stereocenters. The van der Waals surface area contributed by atoms with Crippen molar-refractivity contribution in [1.29, 1.82) is 0 Å². The van der Waals surface area contributed by atoms with Crippen molar-refractivity contribution in [3.8, 4) is 0 Å². The van der Waals surface area contributed by atoms with Crippen LogP contribution < -0.4 is 5.32 Å². The van der Waals surface area contributed by atoms with Crippen molar-refractivity contribution in [2.24, 2.45) is 0 Å². The number of hydrogen-bond donors (Lipinski definition) is 1. The van der Waals surface area contributed by atoms with Gasteiger partial charge in [0.25, 0.3) is 0 Å². The second-order valence-electron chi connectivity index (χ2n) is 5.46. The van der Waals surface area contributed by atoms with E-state index in [0.717, 1.165) is 41.7 Å². The molecule has 1 heterocycles. The summed E-state index contributed by atoms with van der Waals surface area (Å²) in [5.74, 6) is -0.0505. The highest BCUT2D eigenvalue weighted by Gasteiger charge is 2.24. The first kappa shape index (κ1) is 22.4. The van der Waals surface area contributed by atoms with Crippen molar-refractivity contribution in [2.45, 2.75) is 38.6 Å². The largest absolute Gasteiger partial charge is 0.314 e. The molecule has 1 aliphatic heterocycles. The number of nitrogens with one attached hydrogen (secondary N) is 1. The predicted octanol–water partition coefficient (Wildman–Crippen LogP) is 4.80. The van der Waals surface area contributed by atoms with Crippen LogP contribution in [0, 0.1) is 9.39 Å². The fourth-order valence-electron chi connectivity index (χ4n) is 2.89. The van der Waals surface area contributed by atoms with Gasteiger partial charge in [-0.2, -0.15) is 0 Å². The topological polar surface area (TPSA) is 15.3 Å². The van der Waals surface area contributed by atoms with Gasteiger partial charge in [0, 0.05) is 41.4 Å². The molecule has 128 valence electrons. The summed E-state index contributed by atoms with van der Waals surface area (Å²) in [4.78, 5) is 2.45. The van der Waals surface area contributed by atoms with Gasteiger partial charge in [-0.15, -0.1) is 24.8 Å². The molecule has 1 saturated heterocycles. The van der Waals surface area contributed by atoms with E-state index in [1.807, 2.05) is 12.1 Å². The van der Waals surface area contributed by atoms with Crippen LogP contribution in [0.5, 0.6) is 0 Å². The monoisotopic (exact) mass is 462 g/mol. The Morgan fingerprint density at radius 1 is 1.23 bits per heavy atom. The Labute approximate surface area is 159 Å². The van der Waals surface area contributed by atoms with Gasteiger partial charge in [0.05, 0.1) is 0 Å². The summed E-state index contributed by atoms with van der Waals surface area (Å²) in [6, 6.07) is 5.72. The van der Waals surface area contributed by atoms with Crippen molar-refractivity contribution in [3.63, 3.8) is 0 Å². The Kier molecular flexibility index (Phi) is 12.0. The lowest BCUT2D eigenvalue weighted by molar-refractivity contribution is 0.159. The number of unbranched alkanes of at least 4 members (excludes halogenated alkanes) is 2. The van der Waals surface area contributed by atoms with Crippen molar-refractivity contribution < 1.29 is 4.39 Å². The minimum Gasteiger partial charge on any atom is -0.314 e. The van der Waals surface area contributed by atoms with E-state index < -0.39 is 0 Å². The second-order valence-corrected chi connectivity index (χ2v) is 6.71. The van der Waals surface area contributed by atoms with E-state index in [2.05, 4.69) is 39.7 Å². The lowest BCUT2D eigenvalue weighted by atomic mass is 9.97. The molecule has 0 radical (unpaired) electrons. The zero-order chi connectivity index (χ0) is 14.4. The zero-order valence-corrected chi connectivity index (χ0v) is 16.8. The summed E-state index contributed by atoms with van der Waals surface area (Å²) in [6.07, 6.45) is 4.68. The van der Waals surface area contributed by atoms with E-state index in [0.29, 0.717) is 0 Å². The van der Waals surface area contributed by atoms with Crippen LogP contribution in [0.4, 0.5) is 4.39 Å². The number of nitrogens with zero attached hydrogens (tertiary/aromatic N) is 1. The Balaban J connectivity index is 0.00000220. The molecule has 1 N–H and O–H groups in total. The normalized spacial score (nSPS) is 16.5. The predicted molar refractivity (Wildman–Crippen MR) is 105 cm³/mol.